The van der Waals surface area contributed by atoms with Crippen LogP contribution in [-0.2, 0) is 6.54 Å². The Labute approximate surface area is 103 Å². The maximum Gasteiger partial charge on any atom is 0.231 e. The molecule has 0 aliphatic carbocycles. The van der Waals surface area contributed by atoms with E-state index in [1.54, 1.807) is 0 Å². The Morgan fingerprint density at radius 1 is 1.06 bits per heavy atom. The van der Waals surface area contributed by atoms with Crippen molar-refractivity contribution in [3.05, 3.63) is 23.8 Å². The van der Waals surface area contributed by atoms with E-state index in [-0.39, 0.29) is 0 Å². The van der Waals surface area contributed by atoms with Gasteiger partial charge in [0.2, 0.25) is 6.79 Å². The molecule has 0 bridgehead atoms. The summed E-state index contributed by atoms with van der Waals surface area (Å²) in [4.78, 5) is 0. The fraction of sp³-hybridized carbons (Fsp3) is 0.571. The van der Waals surface area contributed by atoms with E-state index in [1.807, 2.05) is 6.07 Å². The quantitative estimate of drug-likeness (QED) is 0.732. The lowest BCUT2D eigenvalue weighted by molar-refractivity contribution is -0.926. The number of quaternary nitrogens is 1. The van der Waals surface area contributed by atoms with Crippen LogP contribution in [0.1, 0.15) is 24.8 Å². The molecule has 3 heteroatoms. The summed E-state index contributed by atoms with van der Waals surface area (Å²) in [7, 11) is 2.36. The van der Waals surface area contributed by atoms with Gasteiger partial charge in [0, 0.05) is 5.56 Å². The zero-order valence-corrected chi connectivity index (χ0v) is 10.4. The molecule has 1 saturated heterocycles. The molecule has 3 nitrogen and oxygen atoms in total. The Hall–Kier alpha value is -1.22. The smallest absolute Gasteiger partial charge is 0.231 e. The average molecular weight is 234 g/mol. The van der Waals surface area contributed by atoms with Crippen LogP contribution in [0.4, 0.5) is 0 Å². The zero-order valence-electron chi connectivity index (χ0n) is 10.4. The highest BCUT2D eigenvalue weighted by atomic mass is 16.7. The van der Waals surface area contributed by atoms with Crippen molar-refractivity contribution in [1.82, 2.24) is 0 Å². The lowest BCUT2D eigenvalue weighted by Crippen LogP contribution is -2.46. The predicted molar refractivity (Wildman–Crippen MR) is 66.0 cm³/mol. The van der Waals surface area contributed by atoms with Crippen molar-refractivity contribution in [2.45, 2.75) is 25.8 Å². The number of rotatable bonds is 2. The monoisotopic (exact) mass is 234 g/mol. The molecule has 92 valence electrons. The highest BCUT2D eigenvalue weighted by Gasteiger charge is 2.25. The first-order valence-electron chi connectivity index (χ1n) is 6.47. The van der Waals surface area contributed by atoms with Gasteiger partial charge >= 0.3 is 0 Å². The van der Waals surface area contributed by atoms with Crippen LogP contribution >= 0.6 is 0 Å². The second-order valence-electron chi connectivity index (χ2n) is 5.47. The number of likely N-dealkylation sites (tertiary alicyclic amines) is 1. The van der Waals surface area contributed by atoms with Gasteiger partial charge in [-0.3, -0.25) is 0 Å². The minimum Gasteiger partial charge on any atom is -0.454 e. The largest absolute Gasteiger partial charge is 0.454 e. The normalized spacial score (nSPS) is 21.5. The topological polar surface area (TPSA) is 18.5 Å². The molecular formula is C14H20NO2+. The summed E-state index contributed by atoms with van der Waals surface area (Å²) < 4.78 is 11.9. The van der Waals surface area contributed by atoms with Crippen LogP contribution in [0.25, 0.3) is 0 Å². The van der Waals surface area contributed by atoms with Gasteiger partial charge in [-0.2, -0.15) is 0 Å². The molecule has 1 aromatic rings. The Morgan fingerprint density at radius 2 is 1.82 bits per heavy atom. The van der Waals surface area contributed by atoms with Crippen molar-refractivity contribution in [1.29, 1.82) is 0 Å². The molecule has 0 atom stereocenters. The van der Waals surface area contributed by atoms with Gasteiger partial charge in [-0.1, -0.05) is 0 Å². The van der Waals surface area contributed by atoms with Crippen LogP contribution in [0.15, 0.2) is 18.2 Å². The third kappa shape index (κ3) is 2.25. The van der Waals surface area contributed by atoms with Gasteiger partial charge in [0.1, 0.15) is 6.54 Å². The second kappa shape index (κ2) is 4.22. The van der Waals surface area contributed by atoms with Crippen molar-refractivity contribution in [3.8, 4) is 11.5 Å². The van der Waals surface area contributed by atoms with Crippen LogP contribution in [0.5, 0.6) is 11.5 Å². The van der Waals surface area contributed by atoms with Gasteiger partial charge in [-0.05, 0) is 37.5 Å². The molecular weight excluding hydrogens is 214 g/mol. The van der Waals surface area contributed by atoms with Gasteiger partial charge in [0.25, 0.3) is 0 Å². The molecule has 3 rings (SSSR count). The lowest BCUT2D eigenvalue weighted by Gasteiger charge is -2.37. The van der Waals surface area contributed by atoms with Crippen molar-refractivity contribution in [3.63, 3.8) is 0 Å². The van der Waals surface area contributed by atoms with E-state index < -0.39 is 0 Å². The van der Waals surface area contributed by atoms with Gasteiger partial charge in [-0.15, -0.1) is 0 Å². The Kier molecular flexibility index (Phi) is 2.71. The van der Waals surface area contributed by atoms with Gasteiger partial charge < -0.3 is 14.0 Å². The predicted octanol–water partition coefficient (Wildman–Crippen LogP) is 2.55. The van der Waals surface area contributed by atoms with E-state index in [1.165, 1.54) is 42.4 Å². The average Bonchev–Trinajstić information content (AvgIpc) is 2.76. The van der Waals surface area contributed by atoms with Crippen LogP contribution in [0.3, 0.4) is 0 Å². The number of piperidine rings is 1. The molecule has 2 aliphatic heterocycles. The van der Waals surface area contributed by atoms with Crippen molar-refractivity contribution < 1.29 is 14.0 Å². The highest BCUT2D eigenvalue weighted by molar-refractivity contribution is 5.44. The molecule has 2 heterocycles. The summed E-state index contributed by atoms with van der Waals surface area (Å²) in [6, 6.07) is 6.35. The summed E-state index contributed by atoms with van der Waals surface area (Å²) in [5.74, 6) is 1.79. The van der Waals surface area contributed by atoms with E-state index in [4.69, 9.17) is 9.47 Å². The van der Waals surface area contributed by atoms with E-state index >= 15 is 0 Å². The van der Waals surface area contributed by atoms with E-state index in [2.05, 4.69) is 19.2 Å². The fourth-order valence-corrected chi connectivity index (χ4v) is 2.91. The summed E-state index contributed by atoms with van der Waals surface area (Å²) in [6.45, 7) is 4.07. The third-order valence-corrected chi connectivity index (χ3v) is 3.90. The first kappa shape index (κ1) is 10.9. The summed E-state index contributed by atoms with van der Waals surface area (Å²) >= 11 is 0. The van der Waals surface area contributed by atoms with Crippen LogP contribution in [-0.4, -0.2) is 31.4 Å². The number of nitrogens with zero attached hydrogens (tertiary/aromatic N) is 1. The molecule has 0 saturated carbocycles. The number of benzene rings is 1. The molecule has 0 radical (unpaired) electrons. The molecule has 0 unspecified atom stereocenters. The summed E-state index contributed by atoms with van der Waals surface area (Å²) in [5.41, 5.74) is 1.36. The van der Waals surface area contributed by atoms with Crippen molar-refractivity contribution >= 4 is 0 Å². The molecule has 0 aromatic heterocycles. The van der Waals surface area contributed by atoms with Crippen molar-refractivity contribution in [2.24, 2.45) is 0 Å². The molecule has 0 N–H and O–H groups in total. The standard InChI is InChI=1S/C14H20NO2/c1-15(7-3-2-4-8-15)10-12-5-6-13-14(9-12)17-11-16-13/h5-6,9H,2-4,7-8,10-11H2,1H3/q+1. The molecule has 1 fully saturated rings. The first-order chi connectivity index (χ1) is 8.25. The zero-order chi connectivity index (χ0) is 11.7. The Balaban J connectivity index is 1.76. The maximum absolute atomic E-state index is 5.43. The van der Waals surface area contributed by atoms with Gasteiger partial charge in [0.15, 0.2) is 11.5 Å². The van der Waals surface area contributed by atoms with E-state index in [0.717, 1.165) is 18.0 Å². The van der Waals surface area contributed by atoms with Gasteiger partial charge in [0.05, 0.1) is 20.1 Å². The Morgan fingerprint density at radius 3 is 2.65 bits per heavy atom. The molecule has 0 spiro atoms. The van der Waals surface area contributed by atoms with Gasteiger partial charge in [-0.25, -0.2) is 0 Å². The molecule has 2 aliphatic rings. The Bertz CT molecular complexity index is 411. The SMILES string of the molecule is C[N+]1(Cc2ccc3c(c2)OCO3)CCCCC1. The second-order valence-corrected chi connectivity index (χ2v) is 5.47. The number of ether oxygens (including phenoxy) is 2. The first-order valence-corrected chi connectivity index (χ1v) is 6.47. The molecule has 0 amide bonds. The lowest BCUT2D eigenvalue weighted by atomic mass is 10.1. The molecule has 1 aromatic carbocycles. The van der Waals surface area contributed by atoms with Crippen molar-refractivity contribution in [2.75, 3.05) is 26.9 Å². The minimum absolute atomic E-state index is 0.366. The minimum atomic E-state index is 0.366. The van der Waals surface area contributed by atoms with E-state index in [9.17, 15) is 0 Å². The fourth-order valence-electron chi connectivity index (χ4n) is 2.91. The number of hydrogen-bond acceptors (Lipinski definition) is 2. The number of fused-ring (bicyclic) bond motifs is 1. The summed E-state index contributed by atoms with van der Waals surface area (Å²) in [6.07, 6.45) is 4.12. The van der Waals surface area contributed by atoms with E-state index in [0.29, 0.717) is 6.79 Å². The number of hydrogen-bond donors (Lipinski definition) is 0. The highest BCUT2D eigenvalue weighted by Crippen LogP contribution is 2.33. The van der Waals surface area contributed by atoms with Crippen LogP contribution < -0.4 is 9.47 Å². The van der Waals surface area contributed by atoms with Crippen LogP contribution in [0, 0.1) is 0 Å². The third-order valence-electron chi connectivity index (χ3n) is 3.90. The molecule has 17 heavy (non-hydrogen) atoms. The maximum atomic E-state index is 5.43. The summed E-state index contributed by atoms with van der Waals surface area (Å²) in [5, 5.41) is 0. The van der Waals surface area contributed by atoms with Crippen LogP contribution in [0.2, 0.25) is 0 Å².